The molecule has 1 aliphatic heterocycles. The standard InChI is InChI=1S/C12H19NO/c1-9-7-11(10(2)14-9)12(3)5-4-6-13-8-12/h7,13H,4-6,8H2,1-3H3. The minimum absolute atomic E-state index is 0.278. The van der Waals surface area contributed by atoms with Gasteiger partial charge in [-0.15, -0.1) is 0 Å². The first-order valence-electron chi connectivity index (χ1n) is 5.40. The summed E-state index contributed by atoms with van der Waals surface area (Å²) in [6.07, 6.45) is 2.53. The minimum Gasteiger partial charge on any atom is -0.466 e. The second kappa shape index (κ2) is 3.43. The Morgan fingerprint density at radius 3 is 2.71 bits per heavy atom. The third kappa shape index (κ3) is 1.59. The molecule has 0 bridgehead atoms. The molecule has 0 spiro atoms. The predicted octanol–water partition coefficient (Wildman–Crippen LogP) is 2.54. The number of hydrogen-bond acceptors (Lipinski definition) is 2. The van der Waals surface area contributed by atoms with Crippen molar-refractivity contribution in [1.29, 1.82) is 0 Å². The first-order chi connectivity index (χ1) is 6.62. The van der Waals surface area contributed by atoms with E-state index in [2.05, 4.69) is 25.2 Å². The van der Waals surface area contributed by atoms with Gasteiger partial charge in [0.1, 0.15) is 11.5 Å². The molecule has 1 saturated heterocycles. The molecule has 1 aliphatic rings. The average molecular weight is 193 g/mol. The number of nitrogens with one attached hydrogen (secondary N) is 1. The van der Waals surface area contributed by atoms with Crippen LogP contribution in [0.3, 0.4) is 0 Å². The van der Waals surface area contributed by atoms with Crippen LogP contribution in [0.4, 0.5) is 0 Å². The first kappa shape index (κ1) is 9.78. The van der Waals surface area contributed by atoms with Crippen LogP contribution in [0, 0.1) is 13.8 Å². The average Bonchev–Trinajstić information content (AvgIpc) is 2.47. The smallest absolute Gasteiger partial charge is 0.104 e. The summed E-state index contributed by atoms with van der Waals surface area (Å²) in [5, 5.41) is 3.47. The highest BCUT2D eigenvalue weighted by atomic mass is 16.3. The minimum atomic E-state index is 0.278. The van der Waals surface area contributed by atoms with Crippen LogP contribution in [0.1, 0.15) is 36.8 Å². The summed E-state index contributed by atoms with van der Waals surface area (Å²) in [5.41, 5.74) is 1.67. The predicted molar refractivity (Wildman–Crippen MR) is 57.6 cm³/mol. The van der Waals surface area contributed by atoms with E-state index in [0.717, 1.165) is 24.6 Å². The molecule has 0 saturated carbocycles. The van der Waals surface area contributed by atoms with Gasteiger partial charge in [0.05, 0.1) is 0 Å². The van der Waals surface area contributed by atoms with E-state index in [9.17, 15) is 0 Å². The van der Waals surface area contributed by atoms with Crippen molar-refractivity contribution in [1.82, 2.24) is 5.32 Å². The van der Waals surface area contributed by atoms with Crippen LogP contribution in [0.25, 0.3) is 0 Å². The normalized spacial score (nSPS) is 27.9. The molecule has 0 radical (unpaired) electrons. The maximum Gasteiger partial charge on any atom is 0.104 e. The summed E-state index contributed by atoms with van der Waals surface area (Å²) < 4.78 is 5.61. The lowest BCUT2D eigenvalue weighted by Gasteiger charge is -2.33. The van der Waals surface area contributed by atoms with Crippen molar-refractivity contribution in [3.63, 3.8) is 0 Å². The van der Waals surface area contributed by atoms with Crippen LogP contribution in [0.15, 0.2) is 10.5 Å². The molecule has 2 heteroatoms. The number of hydrogen-bond donors (Lipinski definition) is 1. The van der Waals surface area contributed by atoms with Crippen molar-refractivity contribution in [3.05, 3.63) is 23.2 Å². The number of furan rings is 1. The Hall–Kier alpha value is -0.760. The number of aryl methyl sites for hydroxylation is 2. The van der Waals surface area contributed by atoms with Crippen LogP contribution >= 0.6 is 0 Å². The van der Waals surface area contributed by atoms with Gasteiger partial charge in [0.15, 0.2) is 0 Å². The van der Waals surface area contributed by atoms with E-state index in [1.165, 1.54) is 18.4 Å². The fourth-order valence-electron chi connectivity index (χ4n) is 2.52. The van der Waals surface area contributed by atoms with Crippen LogP contribution in [-0.2, 0) is 5.41 Å². The SMILES string of the molecule is Cc1cc(C2(C)CCCNC2)c(C)o1. The van der Waals surface area contributed by atoms with Gasteiger partial charge in [-0.3, -0.25) is 0 Å². The molecule has 1 unspecified atom stereocenters. The highest BCUT2D eigenvalue weighted by Gasteiger charge is 2.31. The summed E-state index contributed by atoms with van der Waals surface area (Å²) in [5.74, 6) is 2.12. The van der Waals surface area contributed by atoms with Crippen molar-refractivity contribution in [3.8, 4) is 0 Å². The molecule has 1 aromatic rings. The van der Waals surface area contributed by atoms with Gasteiger partial charge >= 0.3 is 0 Å². The number of piperidine rings is 1. The molecule has 0 amide bonds. The fourth-order valence-corrected chi connectivity index (χ4v) is 2.52. The molecule has 0 aromatic carbocycles. The lowest BCUT2D eigenvalue weighted by atomic mass is 9.76. The maximum absolute atomic E-state index is 5.61. The third-order valence-corrected chi connectivity index (χ3v) is 3.29. The monoisotopic (exact) mass is 193 g/mol. The van der Waals surface area contributed by atoms with Crippen molar-refractivity contribution >= 4 is 0 Å². The molecule has 78 valence electrons. The summed E-state index contributed by atoms with van der Waals surface area (Å²) >= 11 is 0. The molecule has 2 nitrogen and oxygen atoms in total. The van der Waals surface area contributed by atoms with E-state index < -0.39 is 0 Å². The second-order valence-electron chi connectivity index (χ2n) is 4.67. The van der Waals surface area contributed by atoms with Gasteiger partial charge < -0.3 is 9.73 Å². The largest absolute Gasteiger partial charge is 0.466 e. The topological polar surface area (TPSA) is 25.2 Å². The van der Waals surface area contributed by atoms with E-state index in [4.69, 9.17) is 4.42 Å². The molecule has 2 rings (SSSR count). The quantitative estimate of drug-likeness (QED) is 0.741. The van der Waals surface area contributed by atoms with Gasteiger partial charge in [-0.1, -0.05) is 6.92 Å². The van der Waals surface area contributed by atoms with Gasteiger partial charge in [0, 0.05) is 17.5 Å². The van der Waals surface area contributed by atoms with E-state index in [1.807, 2.05) is 6.92 Å². The summed E-state index contributed by atoms with van der Waals surface area (Å²) in [4.78, 5) is 0. The van der Waals surface area contributed by atoms with Crippen LogP contribution in [0.5, 0.6) is 0 Å². The molecular weight excluding hydrogens is 174 g/mol. The molecule has 1 fully saturated rings. The Morgan fingerprint density at radius 1 is 1.43 bits per heavy atom. The fraction of sp³-hybridized carbons (Fsp3) is 0.667. The molecule has 1 aromatic heterocycles. The van der Waals surface area contributed by atoms with Crippen molar-refractivity contribution in [2.75, 3.05) is 13.1 Å². The van der Waals surface area contributed by atoms with Crippen LogP contribution in [0.2, 0.25) is 0 Å². The van der Waals surface area contributed by atoms with Gasteiger partial charge in [-0.25, -0.2) is 0 Å². The molecule has 2 heterocycles. The van der Waals surface area contributed by atoms with E-state index in [-0.39, 0.29) is 5.41 Å². The van der Waals surface area contributed by atoms with Gasteiger partial charge in [0.2, 0.25) is 0 Å². The van der Waals surface area contributed by atoms with E-state index >= 15 is 0 Å². The molecule has 1 atom stereocenters. The Kier molecular flexibility index (Phi) is 2.40. The summed E-state index contributed by atoms with van der Waals surface area (Å²) in [6.45, 7) is 8.66. The number of rotatable bonds is 1. The highest BCUT2D eigenvalue weighted by Crippen LogP contribution is 2.34. The summed E-state index contributed by atoms with van der Waals surface area (Å²) in [7, 11) is 0. The summed E-state index contributed by atoms with van der Waals surface area (Å²) in [6, 6.07) is 2.20. The zero-order chi connectivity index (χ0) is 10.2. The zero-order valence-corrected chi connectivity index (χ0v) is 9.31. The molecule has 1 N–H and O–H groups in total. The van der Waals surface area contributed by atoms with Gasteiger partial charge in [0.25, 0.3) is 0 Å². The second-order valence-corrected chi connectivity index (χ2v) is 4.67. The zero-order valence-electron chi connectivity index (χ0n) is 9.31. The Balaban J connectivity index is 2.32. The molecule has 14 heavy (non-hydrogen) atoms. The Bertz CT molecular complexity index is 321. The Morgan fingerprint density at radius 2 is 2.21 bits per heavy atom. The Labute approximate surface area is 85.7 Å². The molecule has 0 aliphatic carbocycles. The van der Waals surface area contributed by atoms with Gasteiger partial charge in [-0.05, 0) is 39.3 Å². The van der Waals surface area contributed by atoms with Crippen LogP contribution < -0.4 is 5.32 Å². The lowest BCUT2D eigenvalue weighted by Crippen LogP contribution is -2.41. The van der Waals surface area contributed by atoms with Crippen molar-refractivity contribution in [2.45, 2.75) is 39.0 Å². The van der Waals surface area contributed by atoms with Gasteiger partial charge in [-0.2, -0.15) is 0 Å². The highest BCUT2D eigenvalue weighted by molar-refractivity contribution is 5.30. The van der Waals surface area contributed by atoms with E-state index in [1.54, 1.807) is 0 Å². The van der Waals surface area contributed by atoms with E-state index in [0.29, 0.717) is 0 Å². The van der Waals surface area contributed by atoms with Crippen molar-refractivity contribution in [2.24, 2.45) is 0 Å². The molecular formula is C12H19NO. The maximum atomic E-state index is 5.61. The van der Waals surface area contributed by atoms with Crippen molar-refractivity contribution < 1.29 is 4.42 Å². The van der Waals surface area contributed by atoms with Crippen LogP contribution in [-0.4, -0.2) is 13.1 Å². The third-order valence-electron chi connectivity index (χ3n) is 3.29. The first-order valence-corrected chi connectivity index (χ1v) is 5.40. The lowest BCUT2D eigenvalue weighted by molar-refractivity contribution is 0.334.